The van der Waals surface area contributed by atoms with Crippen LogP contribution in [0.1, 0.15) is 56.9 Å². The summed E-state index contributed by atoms with van der Waals surface area (Å²) in [4.78, 5) is 44.2. The van der Waals surface area contributed by atoms with Crippen LogP contribution in [0, 0.1) is 11.8 Å². The van der Waals surface area contributed by atoms with Gasteiger partial charge in [-0.3, -0.25) is 9.59 Å². The second kappa shape index (κ2) is 13.8. The number of aliphatic hydroxyl groups is 1. The molecule has 2 aliphatic heterocycles. The van der Waals surface area contributed by atoms with Gasteiger partial charge in [-0.05, 0) is 41.3 Å². The first-order valence-corrected chi connectivity index (χ1v) is 13.8. The Labute approximate surface area is 236 Å². The van der Waals surface area contributed by atoms with E-state index in [0.29, 0.717) is 12.0 Å². The number of alkyl halides is 1. The molecule has 0 aromatic carbocycles. The molecule has 2 amide bonds. The lowest BCUT2D eigenvalue weighted by molar-refractivity contribution is -0.149. The molecule has 0 spiro atoms. The second-order valence-corrected chi connectivity index (χ2v) is 10.8. The highest BCUT2D eigenvalue weighted by molar-refractivity contribution is 9.10. The van der Waals surface area contributed by atoms with Crippen LogP contribution in [0.3, 0.4) is 0 Å². The Hall–Kier alpha value is -3.05. The smallest absolute Gasteiger partial charge is 0.355 e. The minimum Gasteiger partial charge on any atom is -0.457 e. The monoisotopic (exact) mass is 607 g/mol. The predicted octanol–water partition coefficient (Wildman–Crippen LogP) is 4.19. The van der Waals surface area contributed by atoms with Crippen molar-refractivity contribution in [3.05, 3.63) is 64.0 Å². The lowest BCUT2D eigenvalue weighted by Gasteiger charge is -2.27. The Morgan fingerprint density at radius 2 is 2.00 bits per heavy atom. The molecular formula is C28H35BrFN3O6. The molecule has 0 radical (unpaired) electrons. The average Bonchev–Trinajstić information content (AvgIpc) is 3.49. The minimum absolute atomic E-state index is 0.00700. The van der Waals surface area contributed by atoms with E-state index in [2.05, 4.69) is 26.2 Å². The van der Waals surface area contributed by atoms with Gasteiger partial charge in [-0.25, -0.2) is 14.2 Å². The summed E-state index contributed by atoms with van der Waals surface area (Å²) in [6.07, 6.45) is 6.59. The number of esters is 1. The SMILES string of the molecule is CC1=C/[C@@H](O)C[C@@H](F)Cc2nc(c(Br)o2)C(=O)N2CCC=C2C(=O)O[C@H](C(C)C)[C@H](C)/C=C\C(=O)NC/C=C\1. The molecule has 0 saturated carbocycles. The van der Waals surface area contributed by atoms with Crippen LogP contribution < -0.4 is 5.32 Å². The standard InChI is InChI=1S/C28H35BrFN3O6/c1-16(2)25-18(4)9-10-22(35)31-11-5-7-17(3)13-20(34)14-19(30)15-23-32-24(26(29)38-23)27(36)33-12-6-8-21(33)28(37)39-25/h5,7-10,13,16,18-20,25,34H,6,11-12,14-15H2,1-4H3,(H,31,35)/b7-5-,10-9-,17-13-/t18-,19-,20-,25-/m1/s1. The molecule has 2 aliphatic rings. The zero-order valence-corrected chi connectivity index (χ0v) is 24.1. The number of oxazole rings is 1. The van der Waals surface area contributed by atoms with Gasteiger partial charge in [0.15, 0.2) is 11.6 Å². The van der Waals surface area contributed by atoms with E-state index in [1.165, 1.54) is 17.1 Å². The number of allylic oxidation sites excluding steroid dienone is 2. The first-order chi connectivity index (χ1) is 18.5. The van der Waals surface area contributed by atoms with E-state index in [4.69, 9.17) is 9.15 Å². The van der Waals surface area contributed by atoms with Crippen molar-refractivity contribution in [2.75, 3.05) is 13.1 Å². The molecule has 0 unspecified atom stereocenters. The van der Waals surface area contributed by atoms with Crippen molar-refractivity contribution in [3.8, 4) is 0 Å². The van der Waals surface area contributed by atoms with Crippen LogP contribution in [0.4, 0.5) is 4.39 Å². The number of carbonyl (C=O) groups excluding carboxylic acids is 3. The number of rotatable bonds is 1. The number of amides is 2. The maximum atomic E-state index is 14.7. The van der Waals surface area contributed by atoms with Crippen LogP contribution in [-0.4, -0.2) is 64.2 Å². The maximum absolute atomic E-state index is 14.7. The van der Waals surface area contributed by atoms with E-state index in [0.717, 1.165) is 0 Å². The van der Waals surface area contributed by atoms with Crippen molar-refractivity contribution < 1.29 is 33.0 Å². The summed E-state index contributed by atoms with van der Waals surface area (Å²) >= 11 is 3.18. The summed E-state index contributed by atoms with van der Waals surface area (Å²) in [6.45, 7) is 7.93. The third-order valence-electron chi connectivity index (χ3n) is 6.36. The van der Waals surface area contributed by atoms with Crippen molar-refractivity contribution in [3.63, 3.8) is 0 Å². The van der Waals surface area contributed by atoms with Gasteiger partial charge in [-0.2, -0.15) is 0 Å². The Morgan fingerprint density at radius 3 is 2.72 bits per heavy atom. The second-order valence-electron chi connectivity index (χ2n) is 10.1. The summed E-state index contributed by atoms with van der Waals surface area (Å²) in [6, 6.07) is 0. The van der Waals surface area contributed by atoms with Gasteiger partial charge in [-0.15, -0.1) is 0 Å². The average molecular weight is 609 g/mol. The van der Waals surface area contributed by atoms with Crippen LogP contribution in [0.5, 0.6) is 0 Å². The normalized spacial score (nSPS) is 29.1. The Balaban J connectivity index is 1.90. The molecule has 0 aliphatic carbocycles. The van der Waals surface area contributed by atoms with E-state index in [9.17, 15) is 23.9 Å². The number of hydrogen-bond donors (Lipinski definition) is 2. The number of hydrogen-bond acceptors (Lipinski definition) is 7. The summed E-state index contributed by atoms with van der Waals surface area (Å²) in [5.74, 6) is -1.90. The van der Waals surface area contributed by atoms with Crippen LogP contribution >= 0.6 is 15.9 Å². The molecule has 0 fully saturated rings. The molecule has 0 saturated heterocycles. The first kappa shape index (κ1) is 30.5. The molecule has 9 nitrogen and oxygen atoms in total. The number of nitrogens with zero attached hydrogens (tertiary/aromatic N) is 2. The van der Waals surface area contributed by atoms with Gasteiger partial charge in [0.1, 0.15) is 18.0 Å². The van der Waals surface area contributed by atoms with Crippen molar-refractivity contribution in [1.82, 2.24) is 15.2 Å². The van der Waals surface area contributed by atoms with Crippen molar-refractivity contribution >= 4 is 33.7 Å². The topological polar surface area (TPSA) is 122 Å². The van der Waals surface area contributed by atoms with Crippen LogP contribution in [0.25, 0.3) is 0 Å². The van der Waals surface area contributed by atoms with Crippen molar-refractivity contribution in [1.29, 1.82) is 0 Å². The lowest BCUT2D eigenvalue weighted by Crippen LogP contribution is -2.36. The fourth-order valence-electron chi connectivity index (χ4n) is 4.46. The maximum Gasteiger partial charge on any atom is 0.355 e. The predicted molar refractivity (Wildman–Crippen MR) is 146 cm³/mol. The van der Waals surface area contributed by atoms with Gasteiger partial charge in [0.05, 0.1) is 12.5 Å². The molecule has 2 N–H and O–H groups in total. The summed E-state index contributed by atoms with van der Waals surface area (Å²) in [7, 11) is 0. The highest BCUT2D eigenvalue weighted by atomic mass is 79.9. The molecule has 2 bridgehead atoms. The number of halogens is 2. The fraction of sp³-hybridized carbons (Fsp3) is 0.500. The highest BCUT2D eigenvalue weighted by Gasteiger charge is 2.35. The van der Waals surface area contributed by atoms with Gasteiger partial charge in [0.25, 0.3) is 5.91 Å². The zero-order valence-electron chi connectivity index (χ0n) is 22.5. The molecule has 11 heteroatoms. The third-order valence-corrected chi connectivity index (χ3v) is 6.90. The van der Waals surface area contributed by atoms with E-state index in [1.54, 1.807) is 31.2 Å². The molecule has 3 rings (SSSR count). The van der Waals surface area contributed by atoms with Crippen molar-refractivity contribution in [2.24, 2.45) is 11.8 Å². The third kappa shape index (κ3) is 8.47. The number of fused-ring (bicyclic) bond motifs is 3. The fourth-order valence-corrected chi connectivity index (χ4v) is 4.91. The quantitative estimate of drug-likeness (QED) is 0.459. The van der Waals surface area contributed by atoms with E-state index < -0.39 is 30.3 Å². The largest absolute Gasteiger partial charge is 0.457 e. The number of aromatic nitrogens is 1. The Bertz CT molecular complexity index is 1190. The Morgan fingerprint density at radius 1 is 1.26 bits per heavy atom. The van der Waals surface area contributed by atoms with Crippen molar-refractivity contribution in [2.45, 2.75) is 65.3 Å². The molecule has 39 heavy (non-hydrogen) atoms. The highest BCUT2D eigenvalue weighted by Crippen LogP contribution is 2.27. The minimum atomic E-state index is -1.48. The lowest BCUT2D eigenvalue weighted by atomic mass is 9.94. The zero-order chi connectivity index (χ0) is 28.7. The van der Waals surface area contributed by atoms with Gasteiger partial charge >= 0.3 is 5.97 Å². The van der Waals surface area contributed by atoms with E-state index >= 15 is 0 Å². The number of ether oxygens (including phenoxy) is 1. The van der Waals surface area contributed by atoms with Gasteiger partial charge in [0.2, 0.25) is 10.6 Å². The van der Waals surface area contributed by atoms with Crippen LogP contribution in [-0.2, 0) is 20.7 Å². The Kier molecular flexibility index (Phi) is 10.8. The summed E-state index contributed by atoms with van der Waals surface area (Å²) in [5, 5.41) is 13.0. The molecule has 4 atom stereocenters. The summed E-state index contributed by atoms with van der Waals surface area (Å²) < 4.78 is 26.0. The van der Waals surface area contributed by atoms with E-state index in [-0.39, 0.29) is 65.6 Å². The van der Waals surface area contributed by atoms with Gasteiger partial charge < -0.3 is 24.5 Å². The van der Waals surface area contributed by atoms with E-state index in [1.807, 2.05) is 20.8 Å². The summed E-state index contributed by atoms with van der Waals surface area (Å²) in [5.41, 5.74) is 0.713. The van der Waals surface area contributed by atoms with Crippen LogP contribution in [0.15, 0.2) is 56.8 Å². The molecule has 1 aromatic rings. The first-order valence-electron chi connectivity index (χ1n) is 13.0. The molecular weight excluding hydrogens is 573 g/mol. The van der Waals surface area contributed by atoms with Crippen LogP contribution in [0.2, 0.25) is 0 Å². The number of cyclic esters (lactones) is 1. The van der Waals surface area contributed by atoms with Gasteiger partial charge in [0, 0.05) is 25.4 Å². The van der Waals surface area contributed by atoms with Gasteiger partial charge in [-0.1, -0.05) is 56.7 Å². The molecule has 3 heterocycles. The number of nitrogens with one attached hydrogen (secondary N) is 1. The molecule has 212 valence electrons. The number of carbonyl (C=O) groups is 3. The number of aliphatic hydroxyl groups excluding tert-OH is 1. The molecule has 1 aromatic heterocycles.